The van der Waals surface area contributed by atoms with Gasteiger partial charge in [-0.05, 0) is 43.0 Å². The highest BCUT2D eigenvalue weighted by atomic mass is 32.2. The molecule has 1 aromatic heterocycles. The maximum Gasteiger partial charge on any atom is 0.328 e. The number of amides is 2. The van der Waals surface area contributed by atoms with E-state index in [0.29, 0.717) is 41.0 Å². The van der Waals surface area contributed by atoms with E-state index in [-0.39, 0.29) is 11.8 Å². The van der Waals surface area contributed by atoms with Crippen molar-refractivity contribution < 1.29 is 19.1 Å². The molecule has 8 nitrogen and oxygen atoms in total. The fourth-order valence-corrected chi connectivity index (χ4v) is 4.21. The Hall–Kier alpha value is -3.33. The summed E-state index contributed by atoms with van der Waals surface area (Å²) in [5.41, 5.74) is 3.09. The number of nitrogens with zero attached hydrogens (tertiary/aromatic N) is 2. The summed E-state index contributed by atoms with van der Waals surface area (Å²) in [5.74, 6) is 0.102. The number of thioether (sulfide) groups is 1. The minimum atomic E-state index is -0.782. The third kappa shape index (κ3) is 6.42. The van der Waals surface area contributed by atoms with Crippen molar-refractivity contribution in [3.05, 3.63) is 59.4 Å². The first-order valence-corrected chi connectivity index (χ1v) is 12.9. The molecule has 3 rings (SSSR count). The van der Waals surface area contributed by atoms with E-state index in [1.807, 2.05) is 48.1 Å². The second kappa shape index (κ2) is 11.9. The number of nitrogens with one attached hydrogen (secondary N) is 2. The van der Waals surface area contributed by atoms with Crippen LogP contribution in [0, 0.1) is 12.8 Å². The molecule has 0 aliphatic rings. The van der Waals surface area contributed by atoms with E-state index >= 15 is 0 Å². The summed E-state index contributed by atoms with van der Waals surface area (Å²) < 4.78 is 6.88. The zero-order chi connectivity index (χ0) is 25.5. The number of anilines is 1. The van der Waals surface area contributed by atoms with E-state index in [9.17, 15) is 14.4 Å². The van der Waals surface area contributed by atoms with Gasteiger partial charge in [0, 0.05) is 18.2 Å². The van der Waals surface area contributed by atoms with E-state index < -0.39 is 17.9 Å². The number of carbonyl (C=O) groups excluding carboxylic acids is 3. The molecule has 186 valence electrons. The molecule has 0 unspecified atom stereocenters. The van der Waals surface area contributed by atoms with Crippen LogP contribution in [-0.4, -0.2) is 52.5 Å². The molecule has 3 aromatic rings. The number of esters is 1. The number of benzene rings is 2. The average molecular weight is 497 g/mol. The number of hydrogen-bond donors (Lipinski definition) is 2. The number of rotatable bonds is 10. The van der Waals surface area contributed by atoms with Crippen LogP contribution in [0.15, 0.2) is 42.5 Å². The Morgan fingerprint density at radius 2 is 1.86 bits per heavy atom. The molecular formula is C26H32N4O4S. The molecule has 2 amide bonds. The molecule has 0 saturated heterocycles. The van der Waals surface area contributed by atoms with Crippen molar-refractivity contribution in [2.75, 3.05) is 24.4 Å². The van der Waals surface area contributed by atoms with Crippen molar-refractivity contribution in [1.82, 2.24) is 14.9 Å². The maximum absolute atomic E-state index is 13.6. The van der Waals surface area contributed by atoms with Gasteiger partial charge >= 0.3 is 5.97 Å². The van der Waals surface area contributed by atoms with Gasteiger partial charge < -0.3 is 19.9 Å². The molecule has 0 aliphatic carbocycles. The first-order valence-electron chi connectivity index (χ1n) is 11.5. The molecule has 0 fully saturated rings. The lowest BCUT2D eigenvalue weighted by Crippen LogP contribution is -2.42. The highest BCUT2D eigenvalue weighted by Gasteiger charge is 2.25. The number of fused-ring (bicyclic) bond motifs is 1. The van der Waals surface area contributed by atoms with Gasteiger partial charge in [0.15, 0.2) is 0 Å². The fourth-order valence-electron chi connectivity index (χ4n) is 3.74. The molecule has 35 heavy (non-hydrogen) atoms. The van der Waals surface area contributed by atoms with Gasteiger partial charge in [-0.25, -0.2) is 9.78 Å². The van der Waals surface area contributed by atoms with Crippen LogP contribution in [0.2, 0.25) is 0 Å². The van der Waals surface area contributed by atoms with E-state index in [0.717, 1.165) is 11.4 Å². The summed E-state index contributed by atoms with van der Waals surface area (Å²) in [6, 6.07) is 12.5. The summed E-state index contributed by atoms with van der Waals surface area (Å²) >= 11 is 1.58. The minimum absolute atomic E-state index is 0.163. The first kappa shape index (κ1) is 26.3. The quantitative estimate of drug-likeness (QED) is 0.411. The van der Waals surface area contributed by atoms with Gasteiger partial charge in [0.1, 0.15) is 11.9 Å². The second-order valence-corrected chi connectivity index (χ2v) is 9.58. The normalized spacial score (nSPS) is 11.9. The van der Waals surface area contributed by atoms with Gasteiger partial charge in [-0.3, -0.25) is 9.59 Å². The van der Waals surface area contributed by atoms with E-state index in [4.69, 9.17) is 4.74 Å². The number of methoxy groups -OCH3 is 1. The number of ether oxygens (including phenoxy) is 1. The third-order valence-corrected chi connectivity index (χ3v) is 6.30. The minimum Gasteiger partial charge on any atom is -0.467 e. The summed E-state index contributed by atoms with van der Waals surface area (Å²) in [5, 5.41) is 5.70. The topological polar surface area (TPSA) is 102 Å². The average Bonchev–Trinajstić information content (AvgIpc) is 3.15. The Morgan fingerprint density at radius 3 is 2.49 bits per heavy atom. The molecule has 2 N–H and O–H groups in total. The molecule has 1 atom stereocenters. The lowest BCUT2D eigenvalue weighted by molar-refractivity contribution is -0.142. The molecule has 0 radical (unpaired) electrons. The maximum atomic E-state index is 13.6. The molecule has 9 heteroatoms. The summed E-state index contributed by atoms with van der Waals surface area (Å²) in [6.45, 7) is 6.00. The van der Waals surface area contributed by atoms with Crippen molar-refractivity contribution in [2.24, 2.45) is 5.92 Å². The number of hydrogen-bond acceptors (Lipinski definition) is 6. The molecule has 0 saturated carbocycles. The van der Waals surface area contributed by atoms with Crippen LogP contribution in [0.1, 0.15) is 42.0 Å². The summed E-state index contributed by atoms with van der Waals surface area (Å²) in [6.07, 6.45) is 2.38. The van der Waals surface area contributed by atoms with Crippen molar-refractivity contribution >= 4 is 46.3 Å². The zero-order valence-corrected chi connectivity index (χ0v) is 21.6. The van der Waals surface area contributed by atoms with Crippen LogP contribution in [0.3, 0.4) is 0 Å². The molecular weight excluding hydrogens is 464 g/mol. The van der Waals surface area contributed by atoms with Gasteiger partial charge in [-0.1, -0.05) is 44.2 Å². The molecule has 0 bridgehead atoms. The first-order chi connectivity index (χ1) is 16.7. The Bertz CT molecular complexity index is 1210. The highest BCUT2D eigenvalue weighted by Crippen LogP contribution is 2.27. The van der Waals surface area contributed by atoms with Gasteiger partial charge in [0.25, 0.3) is 5.91 Å². The number of aryl methyl sites for hydroxylation is 1. The Labute approximate surface area is 209 Å². The predicted octanol–water partition coefficient (Wildman–Crippen LogP) is 4.01. The van der Waals surface area contributed by atoms with Gasteiger partial charge in [-0.2, -0.15) is 11.8 Å². The fraction of sp³-hybridized carbons (Fsp3) is 0.385. The standard InChI is InChI=1S/C26H32N4O4S/c1-16(2)24(31)28-19-13-20(25(32)29-21(11-12-35-5)26(33)34-4)23-22(14-19)27-17(3)30(23)15-18-9-7-6-8-10-18/h6-10,13-14,16,21H,11-12,15H2,1-5H3,(H,28,31)(H,29,32)/t21-/m1/s1. The Morgan fingerprint density at radius 1 is 1.14 bits per heavy atom. The Balaban J connectivity index is 2.09. The predicted molar refractivity (Wildman–Crippen MR) is 140 cm³/mol. The second-order valence-electron chi connectivity index (χ2n) is 8.60. The number of carbonyl (C=O) groups is 3. The summed E-state index contributed by atoms with van der Waals surface area (Å²) in [7, 11) is 1.30. The van der Waals surface area contributed by atoms with Crippen molar-refractivity contribution in [1.29, 1.82) is 0 Å². The Kier molecular flexibility index (Phi) is 8.92. The van der Waals surface area contributed by atoms with Gasteiger partial charge in [-0.15, -0.1) is 0 Å². The van der Waals surface area contributed by atoms with Crippen LogP contribution < -0.4 is 10.6 Å². The van der Waals surface area contributed by atoms with Crippen LogP contribution >= 0.6 is 11.8 Å². The smallest absolute Gasteiger partial charge is 0.328 e. The number of aromatic nitrogens is 2. The van der Waals surface area contributed by atoms with Gasteiger partial charge in [0.05, 0.1) is 23.7 Å². The number of imidazole rings is 1. The van der Waals surface area contributed by atoms with Crippen LogP contribution in [-0.2, 0) is 20.9 Å². The third-order valence-electron chi connectivity index (χ3n) is 5.65. The monoisotopic (exact) mass is 496 g/mol. The van der Waals surface area contributed by atoms with E-state index in [1.54, 1.807) is 37.7 Å². The van der Waals surface area contributed by atoms with E-state index in [1.165, 1.54) is 7.11 Å². The SMILES string of the molecule is COC(=O)[C@@H](CCSC)NC(=O)c1cc(NC(=O)C(C)C)cc2nc(C)n(Cc3ccccc3)c12. The molecule has 1 heterocycles. The summed E-state index contributed by atoms with van der Waals surface area (Å²) in [4.78, 5) is 42.9. The van der Waals surface area contributed by atoms with Crippen LogP contribution in [0.4, 0.5) is 5.69 Å². The molecule has 0 spiro atoms. The lowest BCUT2D eigenvalue weighted by Gasteiger charge is -2.18. The zero-order valence-electron chi connectivity index (χ0n) is 20.8. The van der Waals surface area contributed by atoms with Crippen molar-refractivity contribution in [2.45, 2.75) is 39.8 Å². The van der Waals surface area contributed by atoms with Crippen molar-refractivity contribution in [3.8, 4) is 0 Å². The lowest BCUT2D eigenvalue weighted by atomic mass is 10.1. The van der Waals surface area contributed by atoms with Crippen LogP contribution in [0.25, 0.3) is 11.0 Å². The molecule has 2 aromatic carbocycles. The largest absolute Gasteiger partial charge is 0.467 e. The van der Waals surface area contributed by atoms with E-state index in [2.05, 4.69) is 15.6 Å². The highest BCUT2D eigenvalue weighted by molar-refractivity contribution is 7.98. The van der Waals surface area contributed by atoms with Crippen LogP contribution in [0.5, 0.6) is 0 Å². The van der Waals surface area contributed by atoms with Gasteiger partial charge in [0.2, 0.25) is 5.91 Å². The molecule has 0 aliphatic heterocycles. The van der Waals surface area contributed by atoms with Crippen molar-refractivity contribution in [3.63, 3.8) is 0 Å².